The smallest absolute Gasteiger partial charge is 0.369 e. The molecule has 0 spiro atoms. The van der Waals surface area contributed by atoms with Gasteiger partial charge in [0, 0.05) is 31.9 Å². The summed E-state index contributed by atoms with van der Waals surface area (Å²) in [5.41, 5.74) is -0.00744. The van der Waals surface area contributed by atoms with Crippen LogP contribution in [0.2, 0.25) is 0 Å². The SMILES string of the molecule is CCCN1CCN(c2c[c]cc(C(F)(F)F)c2)CC1. The molecule has 1 aromatic rings. The van der Waals surface area contributed by atoms with E-state index in [4.69, 9.17) is 0 Å². The highest BCUT2D eigenvalue weighted by molar-refractivity contribution is 5.49. The van der Waals surface area contributed by atoms with E-state index in [0.717, 1.165) is 45.2 Å². The minimum Gasteiger partial charge on any atom is -0.369 e. The Hall–Kier alpha value is -1.23. The van der Waals surface area contributed by atoms with Crippen molar-refractivity contribution in [1.82, 2.24) is 4.90 Å². The molecule has 19 heavy (non-hydrogen) atoms. The first-order chi connectivity index (χ1) is 9.00. The van der Waals surface area contributed by atoms with Gasteiger partial charge < -0.3 is 4.90 Å². The van der Waals surface area contributed by atoms with E-state index in [2.05, 4.69) is 17.9 Å². The molecular weight excluding hydrogens is 253 g/mol. The first kappa shape index (κ1) is 14.2. The molecule has 1 aliphatic rings. The molecule has 1 aliphatic heterocycles. The molecule has 2 rings (SSSR count). The molecule has 0 N–H and O–H groups in total. The number of hydrogen-bond donors (Lipinski definition) is 0. The van der Waals surface area contributed by atoms with E-state index in [1.165, 1.54) is 6.07 Å². The predicted molar refractivity (Wildman–Crippen MR) is 69.2 cm³/mol. The summed E-state index contributed by atoms with van der Waals surface area (Å²) in [6.07, 6.45) is -3.19. The second-order valence-electron chi connectivity index (χ2n) is 4.81. The fourth-order valence-corrected chi connectivity index (χ4v) is 2.35. The number of anilines is 1. The second kappa shape index (κ2) is 5.82. The summed E-state index contributed by atoms with van der Waals surface area (Å²) in [5.74, 6) is 0. The van der Waals surface area contributed by atoms with Crippen molar-refractivity contribution in [2.24, 2.45) is 0 Å². The van der Waals surface area contributed by atoms with Gasteiger partial charge in [0.2, 0.25) is 0 Å². The van der Waals surface area contributed by atoms with Gasteiger partial charge in [0.05, 0.1) is 5.56 Å². The van der Waals surface area contributed by atoms with Crippen LogP contribution >= 0.6 is 0 Å². The van der Waals surface area contributed by atoms with Crippen LogP contribution in [0.3, 0.4) is 0 Å². The number of rotatable bonds is 3. The molecule has 1 saturated heterocycles. The molecule has 1 fully saturated rings. The first-order valence-electron chi connectivity index (χ1n) is 6.56. The van der Waals surface area contributed by atoms with Gasteiger partial charge in [-0.3, -0.25) is 4.90 Å². The number of alkyl halides is 3. The van der Waals surface area contributed by atoms with Crippen LogP contribution in [-0.4, -0.2) is 37.6 Å². The minimum absolute atomic E-state index is 0.617. The monoisotopic (exact) mass is 271 g/mol. The summed E-state index contributed by atoms with van der Waals surface area (Å²) in [6, 6.07) is 6.44. The average Bonchev–Trinajstić information content (AvgIpc) is 2.39. The number of benzene rings is 1. The highest BCUT2D eigenvalue weighted by atomic mass is 19.4. The third kappa shape index (κ3) is 3.62. The Morgan fingerprint density at radius 2 is 1.84 bits per heavy atom. The lowest BCUT2D eigenvalue weighted by Gasteiger charge is -2.36. The Labute approximate surface area is 111 Å². The molecule has 1 aromatic carbocycles. The van der Waals surface area contributed by atoms with Gasteiger partial charge in [-0.2, -0.15) is 13.2 Å². The third-order valence-electron chi connectivity index (χ3n) is 3.38. The van der Waals surface area contributed by atoms with Crippen molar-refractivity contribution < 1.29 is 13.2 Å². The number of piperazine rings is 1. The maximum atomic E-state index is 12.7. The Morgan fingerprint density at radius 3 is 2.42 bits per heavy atom. The van der Waals surface area contributed by atoms with Gasteiger partial charge in [-0.05, 0) is 37.2 Å². The Bertz CT molecular complexity index is 409. The summed E-state index contributed by atoms with van der Waals surface area (Å²) in [7, 11) is 0. The van der Waals surface area contributed by atoms with Crippen molar-refractivity contribution in [3.05, 3.63) is 29.8 Å². The van der Waals surface area contributed by atoms with Crippen molar-refractivity contribution in [3.63, 3.8) is 0 Å². The number of halogens is 3. The van der Waals surface area contributed by atoms with Gasteiger partial charge in [-0.15, -0.1) is 0 Å². The lowest BCUT2D eigenvalue weighted by atomic mass is 10.1. The molecular formula is C14H18F3N2. The van der Waals surface area contributed by atoms with Crippen LogP contribution in [0, 0.1) is 6.07 Å². The Morgan fingerprint density at radius 1 is 1.16 bits per heavy atom. The van der Waals surface area contributed by atoms with Gasteiger partial charge in [0.15, 0.2) is 0 Å². The zero-order valence-electron chi connectivity index (χ0n) is 11.0. The summed E-state index contributed by atoms with van der Waals surface area (Å²) in [4.78, 5) is 4.34. The van der Waals surface area contributed by atoms with Gasteiger partial charge in [-0.1, -0.05) is 6.92 Å². The Kier molecular flexibility index (Phi) is 4.34. The largest absolute Gasteiger partial charge is 0.416 e. The quantitative estimate of drug-likeness (QED) is 0.833. The fourth-order valence-electron chi connectivity index (χ4n) is 2.35. The van der Waals surface area contributed by atoms with Crippen LogP contribution in [0.1, 0.15) is 18.9 Å². The van der Waals surface area contributed by atoms with Crippen molar-refractivity contribution in [1.29, 1.82) is 0 Å². The van der Waals surface area contributed by atoms with E-state index >= 15 is 0 Å². The highest BCUT2D eigenvalue weighted by Gasteiger charge is 2.31. The summed E-state index contributed by atoms with van der Waals surface area (Å²) >= 11 is 0. The van der Waals surface area contributed by atoms with E-state index in [9.17, 15) is 13.2 Å². The van der Waals surface area contributed by atoms with Gasteiger partial charge in [0.25, 0.3) is 0 Å². The maximum Gasteiger partial charge on any atom is 0.416 e. The molecule has 0 bridgehead atoms. The maximum absolute atomic E-state index is 12.7. The van der Waals surface area contributed by atoms with Crippen molar-refractivity contribution >= 4 is 5.69 Å². The molecule has 1 radical (unpaired) electrons. The summed E-state index contributed by atoms with van der Waals surface area (Å²) in [6.45, 7) is 6.55. The normalized spacial score (nSPS) is 17.8. The van der Waals surface area contributed by atoms with E-state index in [1.807, 2.05) is 4.90 Å². The first-order valence-corrected chi connectivity index (χ1v) is 6.56. The molecule has 0 aliphatic carbocycles. The molecule has 0 aromatic heterocycles. The Balaban J connectivity index is 2.03. The molecule has 0 amide bonds. The lowest BCUT2D eigenvalue weighted by molar-refractivity contribution is -0.137. The zero-order valence-corrected chi connectivity index (χ0v) is 11.0. The zero-order chi connectivity index (χ0) is 13.9. The third-order valence-corrected chi connectivity index (χ3v) is 3.38. The molecule has 0 unspecified atom stereocenters. The van der Waals surface area contributed by atoms with Crippen LogP contribution in [0.25, 0.3) is 0 Å². The van der Waals surface area contributed by atoms with E-state index in [-0.39, 0.29) is 0 Å². The van der Waals surface area contributed by atoms with Crippen LogP contribution in [0.5, 0.6) is 0 Å². The summed E-state index contributed by atoms with van der Waals surface area (Å²) < 4.78 is 38.0. The topological polar surface area (TPSA) is 6.48 Å². The van der Waals surface area contributed by atoms with Crippen molar-refractivity contribution in [3.8, 4) is 0 Å². The lowest BCUT2D eigenvalue weighted by Crippen LogP contribution is -2.46. The molecule has 5 heteroatoms. The van der Waals surface area contributed by atoms with E-state index in [0.29, 0.717) is 5.69 Å². The van der Waals surface area contributed by atoms with Crippen LogP contribution in [0.4, 0.5) is 18.9 Å². The van der Waals surface area contributed by atoms with Gasteiger partial charge in [0.1, 0.15) is 0 Å². The van der Waals surface area contributed by atoms with Crippen LogP contribution in [0.15, 0.2) is 18.2 Å². The van der Waals surface area contributed by atoms with E-state index < -0.39 is 11.7 Å². The molecule has 2 nitrogen and oxygen atoms in total. The number of hydrogen-bond acceptors (Lipinski definition) is 2. The van der Waals surface area contributed by atoms with E-state index in [1.54, 1.807) is 6.07 Å². The highest BCUT2D eigenvalue weighted by Crippen LogP contribution is 2.31. The fraction of sp³-hybridized carbons (Fsp3) is 0.571. The molecule has 0 atom stereocenters. The predicted octanol–water partition coefficient (Wildman–Crippen LogP) is 3.04. The molecule has 0 saturated carbocycles. The van der Waals surface area contributed by atoms with Crippen molar-refractivity contribution in [2.75, 3.05) is 37.6 Å². The average molecular weight is 271 g/mol. The second-order valence-corrected chi connectivity index (χ2v) is 4.81. The molecule has 105 valence electrons. The van der Waals surface area contributed by atoms with Crippen molar-refractivity contribution in [2.45, 2.75) is 19.5 Å². The number of nitrogens with zero attached hydrogens (tertiary/aromatic N) is 2. The minimum atomic E-state index is -4.30. The van der Waals surface area contributed by atoms with Gasteiger partial charge >= 0.3 is 6.18 Å². The summed E-state index contributed by atoms with van der Waals surface area (Å²) in [5, 5.41) is 0. The van der Waals surface area contributed by atoms with Crippen LogP contribution in [-0.2, 0) is 6.18 Å². The standard InChI is InChI=1S/C14H18F3N2/c1-2-6-18-7-9-19(10-8-18)13-5-3-4-12(11-13)14(15,16)17/h4-5,11H,2,6-10H2,1H3. The molecule has 1 heterocycles. The van der Waals surface area contributed by atoms with Crippen LogP contribution < -0.4 is 4.90 Å². The van der Waals surface area contributed by atoms with Gasteiger partial charge in [-0.25, -0.2) is 0 Å².